The molecule has 0 aromatic heterocycles. The summed E-state index contributed by atoms with van der Waals surface area (Å²) in [6.07, 6.45) is 11.0. The standard InChI is InChI=1S/2C7H10.C2H6/c2*1-4-5-6-7(2)3;1-2/h2*4-6H,1-2H2,3H3;1-2H3/b2*6-5-;. The molecule has 16 heavy (non-hydrogen) atoms. The molecule has 0 rings (SSSR count). The summed E-state index contributed by atoms with van der Waals surface area (Å²) in [6, 6.07) is 0. The van der Waals surface area contributed by atoms with Crippen molar-refractivity contribution in [1.29, 1.82) is 0 Å². The van der Waals surface area contributed by atoms with Crippen LogP contribution in [0, 0.1) is 0 Å². The molecule has 0 saturated heterocycles. The molecule has 0 aromatic rings. The van der Waals surface area contributed by atoms with Crippen LogP contribution in [0.3, 0.4) is 0 Å². The van der Waals surface area contributed by atoms with E-state index in [2.05, 4.69) is 26.3 Å². The Morgan fingerprint density at radius 1 is 0.750 bits per heavy atom. The minimum atomic E-state index is 1.06. The molecule has 0 aliphatic carbocycles. The lowest BCUT2D eigenvalue weighted by Gasteiger charge is -1.77. The molecular weight excluding hydrogens is 192 g/mol. The zero-order valence-corrected chi connectivity index (χ0v) is 11.3. The van der Waals surface area contributed by atoms with Gasteiger partial charge in [0.2, 0.25) is 0 Å². The van der Waals surface area contributed by atoms with Gasteiger partial charge in [-0.05, 0) is 13.8 Å². The van der Waals surface area contributed by atoms with Crippen molar-refractivity contribution in [3.8, 4) is 0 Å². The summed E-state index contributed by atoms with van der Waals surface area (Å²) in [7, 11) is 0. The van der Waals surface area contributed by atoms with Crippen molar-refractivity contribution in [2.24, 2.45) is 0 Å². The number of rotatable bonds is 4. The summed E-state index contributed by atoms with van der Waals surface area (Å²) in [5.41, 5.74) is 2.11. The second kappa shape index (κ2) is 19.1. The Hall–Kier alpha value is -1.56. The van der Waals surface area contributed by atoms with Gasteiger partial charge in [-0.25, -0.2) is 0 Å². The second-order valence-electron chi connectivity index (χ2n) is 2.88. The van der Waals surface area contributed by atoms with E-state index in [-0.39, 0.29) is 0 Å². The topological polar surface area (TPSA) is 0 Å². The Bertz CT molecular complexity index is 221. The van der Waals surface area contributed by atoms with Gasteiger partial charge >= 0.3 is 0 Å². The van der Waals surface area contributed by atoms with E-state index >= 15 is 0 Å². The molecule has 0 spiro atoms. The van der Waals surface area contributed by atoms with Crippen LogP contribution in [0.5, 0.6) is 0 Å². The van der Waals surface area contributed by atoms with Gasteiger partial charge in [0.05, 0.1) is 0 Å². The normalized spacial score (nSPS) is 8.50. The van der Waals surface area contributed by atoms with E-state index in [1.165, 1.54) is 0 Å². The van der Waals surface area contributed by atoms with Crippen molar-refractivity contribution < 1.29 is 0 Å². The number of hydrogen-bond acceptors (Lipinski definition) is 0. The summed E-state index contributed by atoms with van der Waals surface area (Å²) in [4.78, 5) is 0. The Balaban J connectivity index is -0.000000183. The SMILES string of the molecule is C=C/C=C\C(=C)C.C=C/C=C\C(=C)C.CC. The lowest BCUT2D eigenvalue weighted by molar-refractivity contribution is 1.50. The van der Waals surface area contributed by atoms with E-state index in [9.17, 15) is 0 Å². The van der Waals surface area contributed by atoms with Crippen LogP contribution in [0.15, 0.2) is 73.9 Å². The molecule has 90 valence electrons. The van der Waals surface area contributed by atoms with Crippen molar-refractivity contribution in [2.75, 3.05) is 0 Å². The highest BCUT2D eigenvalue weighted by molar-refractivity contribution is 5.15. The summed E-state index contributed by atoms with van der Waals surface area (Å²) >= 11 is 0. The molecule has 0 bridgehead atoms. The molecule has 0 aromatic carbocycles. The zero-order chi connectivity index (χ0) is 13.4. The first-order valence-electron chi connectivity index (χ1n) is 5.43. The molecule has 0 heterocycles. The van der Waals surface area contributed by atoms with Crippen molar-refractivity contribution in [1.82, 2.24) is 0 Å². The lowest BCUT2D eigenvalue weighted by atomic mass is 10.3. The Morgan fingerprint density at radius 2 is 1.00 bits per heavy atom. The monoisotopic (exact) mass is 218 g/mol. The first-order chi connectivity index (χ1) is 7.54. The van der Waals surface area contributed by atoms with Crippen LogP contribution in [0.1, 0.15) is 27.7 Å². The fourth-order valence-corrected chi connectivity index (χ4v) is 0.465. The molecule has 0 atom stereocenters. The average Bonchev–Trinajstić information content (AvgIpc) is 2.27. The molecule has 0 fully saturated rings. The van der Waals surface area contributed by atoms with Gasteiger partial charge in [-0.15, -0.1) is 0 Å². The number of allylic oxidation sites excluding steroid dienone is 8. The smallest absolute Gasteiger partial charge is 0.0404 e. The van der Waals surface area contributed by atoms with Crippen molar-refractivity contribution in [3.05, 3.63) is 73.9 Å². The molecule has 0 amide bonds. The zero-order valence-electron chi connectivity index (χ0n) is 11.3. The van der Waals surface area contributed by atoms with Crippen LogP contribution < -0.4 is 0 Å². The largest absolute Gasteiger partial charge is 0.0991 e. The Morgan fingerprint density at radius 3 is 1.06 bits per heavy atom. The van der Waals surface area contributed by atoms with E-state index in [0.717, 1.165) is 11.1 Å². The van der Waals surface area contributed by atoms with Gasteiger partial charge in [0, 0.05) is 0 Å². The third-order valence-electron chi connectivity index (χ3n) is 1.03. The third kappa shape index (κ3) is 39.3. The van der Waals surface area contributed by atoms with Gasteiger partial charge in [-0.3, -0.25) is 0 Å². The minimum absolute atomic E-state index is 1.06. The second-order valence-corrected chi connectivity index (χ2v) is 2.88. The third-order valence-corrected chi connectivity index (χ3v) is 1.03. The van der Waals surface area contributed by atoms with Crippen LogP contribution in [0.25, 0.3) is 0 Å². The van der Waals surface area contributed by atoms with E-state index in [1.54, 1.807) is 12.2 Å². The highest BCUT2D eigenvalue weighted by Crippen LogP contribution is 1.87. The Kier molecular flexibility index (Phi) is 23.8. The first kappa shape index (κ1) is 19.9. The van der Waals surface area contributed by atoms with Crippen LogP contribution >= 0.6 is 0 Å². The fraction of sp³-hybridized carbons (Fsp3) is 0.250. The van der Waals surface area contributed by atoms with Crippen LogP contribution in [0.4, 0.5) is 0 Å². The van der Waals surface area contributed by atoms with E-state index < -0.39 is 0 Å². The van der Waals surface area contributed by atoms with Crippen molar-refractivity contribution >= 4 is 0 Å². The molecule has 0 radical (unpaired) electrons. The highest BCUT2D eigenvalue weighted by Gasteiger charge is 1.66. The number of hydrogen-bond donors (Lipinski definition) is 0. The average molecular weight is 218 g/mol. The maximum atomic E-state index is 3.66. The summed E-state index contributed by atoms with van der Waals surface area (Å²) in [5, 5.41) is 0. The molecule has 0 N–H and O–H groups in total. The minimum Gasteiger partial charge on any atom is -0.0991 e. The van der Waals surface area contributed by atoms with E-state index in [4.69, 9.17) is 0 Å². The quantitative estimate of drug-likeness (QED) is 0.536. The van der Waals surface area contributed by atoms with Gasteiger partial charge in [0.1, 0.15) is 0 Å². The van der Waals surface area contributed by atoms with Crippen molar-refractivity contribution in [3.63, 3.8) is 0 Å². The maximum Gasteiger partial charge on any atom is -0.0404 e. The summed E-state index contributed by atoms with van der Waals surface area (Å²) < 4.78 is 0. The molecule has 0 unspecified atom stereocenters. The molecule has 0 saturated carbocycles. The van der Waals surface area contributed by atoms with E-state index in [0.29, 0.717) is 0 Å². The van der Waals surface area contributed by atoms with Gasteiger partial charge in [0.25, 0.3) is 0 Å². The first-order valence-corrected chi connectivity index (χ1v) is 5.43. The molecular formula is C16H26. The predicted molar refractivity (Wildman–Crippen MR) is 79.7 cm³/mol. The Labute approximate surface area is 102 Å². The fourth-order valence-electron chi connectivity index (χ4n) is 0.465. The maximum absolute atomic E-state index is 3.66. The van der Waals surface area contributed by atoms with Gasteiger partial charge in [-0.1, -0.05) is 87.8 Å². The van der Waals surface area contributed by atoms with Gasteiger partial charge < -0.3 is 0 Å². The molecule has 0 aliphatic heterocycles. The molecule has 0 aliphatic rings. The molecule has 0 heteroatoms. The highest BCUT2D eigenvalue weighted by atomic mass is 13.7. The van der Waals surface area contributed by atoms with Crippen molar-refractivity contribution in [2.45, 2.75) is 27.7 Å². The van der Waals surface area contributed by atoms with E-state index in [1.807, 2.05) is 52.0 Å². The van der Waals surface area contributed by atoms with Gasteiger partial charge in [-0.2, -0.15) is 0 Å². The van der Waals surface area contributed by atoms with Crippen LogP contribution in [-0.4, -0.2) is 0 Å². The molecule has 0 nitrogen and oxygen atoms in total. The summed E-state index contributed by atoms with van der Waals surface area (Å²) in [6.45, 7) is 22.2. The van der Waals surface area contributed by atoms with Crippen LogP contribution in [-0.2, 0) is 0 Å². The summed E-state index contributed by atoms with van der Waals surface area (Å²) in [5.74, 6) is 0. The van der Waals surface area contributed by atoms with Crippen LogP contribution in [0.2, 0.25) is 0 Å². The lowest BCUT2D eigenvalue weighted by Crippen LogP contribution is -1.55. The predicted octanol–water partition coefficient (Wildman–Crippen LogP) is 5.64. The van der Waals surface area contributed by atoms with Gasteiger partial charge in [0.15, 0.2) is 0 Å².